The Labute approximate surface area is 172 Å². The van der Waals surface area contributed by atoms with E-state index in [9.17, 15) is 4.79 Å². The Balaban J connectivity index is 0.00000131. The predicted molar refractivity (Wildman–Crippen MR) is 114 cm³/mol. The van der Waals surface area contributed by atoms with Gasteiger partial charge in [0.25, 0.3) is 0 Å². The Kier molecular flexibility index (Phi) is 7.71. The third-order valence-corrected chi connectivity index (χ3v) is 5.50. The predicted octanol–water partition coefficient (Wildman–Crippen LogP) is 4.19. The number of imidazole rings is 1. The van der Waals surface area contributed by atoms with Crippen molar-refractivity contribution >= 4 is 36.4 Å². The number of hydrogen-bond acceptors (Lipinski definition) is 3. The van der Waals surface area contributed by atoms with Gasteiger partial charge in [0.05, 0.1) is 0 Å². The lowest BCUT2D eigenvalue weighted by atomic mass is 9.85. The molecule has 1 aromatic carbocycles. The van der Waals surface area contributed by atoms with Gasteiger partial charge in [-0.2, -0.15) is 0 Å². The van der Waals surface area contributed by atoms with Gasteiger partial charge in [-0.15, -0.1) is 24.8 Å². The van der Waals surface area contributed by atoms with E-state index in [1.165, 1.54) is 18.5 Å². The zero-order valence-electron chi connectivity index (χ0n) is 15.4. The molecular weight excluding hydrogens is 383 g/mol. The fraction of sp³-hybridized carbons (Fsp3) is 0.500. The molecule has 27 heavy (non-hydrogen) atoms. The lowest BCUT2D eigenvalue weighted by Crippen LogP contribution is -2.34. The molecule has 1 fully saturated rings. The maximum Gasteiger partial charge on any atom is 0.227 e. The van der Waals surface area contributed by atoms with E-state index in [1.807, 2.05) is 30.5 Å². The largest absolute Gasteiger partial charge is 0.328 e. The number of hydrogen-bond donors (Lipinski definition) is 2. The number of carbonyl (C=O) groups is 1. The smallest absolute Gasteiger partial charge is 0.227 e. The normalized spacial score (nSPS) is 21.4. The monoisotopic (exact) mass is 410 g/mol. The van der Waals surface area contributed by atoms with Crippen molar-refractivity contribution in [3.63, 3.8) is 0 Å². The van der Waals surface area contributed by atoms with Gasteiger partial charge in [-0.25, -0.2) is 4.98 Å². The van der Waals surface area contributed by atoms with Gasteiger partial charge in [0.15, 0.2) is 0 Å². The summed E-state index contributed by atoms with van der Waals surface area (Å²) >= 11 is 0. The number of fused-ring (bicyclic) bond motifs is 1. The summed E-state index contributed by atoms with van der Waals surface area (Å²) in [4.78, 5) is 17.0. The van der Waals surface area contributed by atoms with E-state index in [0.717, 1.165) is 55.7 Å². The second-order valence-corrected chi connectivity index (χ2v) is 7.37. The van der Waals surface area contributed by atoms with Gasteiger partial charge in [0.1, 0.15) is 5.82 Å². The van der Waals surface area contributed by atoms with Gasteiger partial charge in [0.2, 0.25) is 5.91 Å². The Morgan fingerprint density at radius 2 is 1.89 bits per heavy atom. The summed E-state index contributed by atoms with van der Waals surface area (Å²) in [6, 6.07) is 8.21. The van der Waals surface area contributed by atoms with Crippen molar-refractivity contribution in [2.45, 2.75) is 57.5 Å². The van der Waals surface area contributed by atoms with Crippen LogP contribution in [-0.4, -0.2) is 21.5 Å². The summed E-state index contributed by atoms with van der Waals surface area (Å²) in [5, 5.41) is 3.05. The van der Waals surface area contributed by atoms with Crippen molar-refractivity contribution in [1.82, 2.24) is 9.55 Å². The van der Waals surface area contributed by atoms with Gasteiger partial charge in [-0.05, 0) is 62.8 Å². The number of aromatic nitrogens is 2. The summed E-state index contributed by atoms with van der Waals surface area (Å²) in [5.41, 5.74) is 9.27. The number of nitrogens with one attached hydrogen (secondary N) is 1. The average Bonchev–Trinajstić information content (AvgIpc) is 3.06. The Hall–Kier alpha value is -1.56. The van der Waals surface area contributed by atoms with Crippen molar-refractivity contribution in [2.75, 3.05) is 5.32 Å². The van der Waals surface area contributed by atoms with Gasteiger partial charge >= 0.3 is 0 Å². The van der Waals surface area contributed by atoms with Gasteiger partial charge < -0.3 is 15.6 Å². The molecule has 1 aliphatic carbocycles. The molecule has 148 valence electrons. The fourth-order valence-electron chi connectivity index (χ4n) is 4.08. The van der Waals surface area contributed by atoms with E-state index < -0.39 is 0 Å². The zero-order valence-corrected chi connectivity index (χ0v) is 17.0. The maximum absolute atomic E-state index is 12.4. The Bertz CT molecular complexity index is 760. The van der Waals surface area contributed by atoms with Crippen LogP contribution in [0.15, 0.2) is 30.5 Å². The molecule has 0 spiro atoms. The summed E-state index contributed by atoms with van der Waals surface area (Å²) < 4.78 is 2.32. The molecule has 2 aliphatic rings. The average molecular weight is 411 g/mol. The summed E-state index contributed by atoms with van der Waals surface area (Å²) in [7, 11) is 0. The molecule has 1 aliphatic heterocycles. The highest BCUT2D eigenvalue weighted by molar-refractivity contribution is 5.92. The fourth-order valence-corrected chi connectivity index (χ4v) is 4.08. The topological polar surface area (TPSA) is 72.9 Å². The summed E-state index contributed by atoms with van der Waals surface area (Å²) in [6.07, 6.45) is 9.40. The SMILES string of the molecule is Cl.Cl.NC1CCCC(C(=O)Nc2ccc(-c3ncc4n3CCCC4)cc2)C1. The highest BCUT2D eigenvalue weighted by Gasteiger charge is 2.25. The molecule has 0 radical (unpaired) electrons. The first kappa shape index (κ1) is 21.7. The van der Waals surface area contributed by atoms with E-state index in [0.29, 0.717) is 0 Å². The highest BCUT2D eigenvalue weighted by Crippen LogP contribution is 2.27. The van der Waals surface area contributed by atoms with Crippen LogP contribution >= 0.6 is 24.8 Å². The molecule has 0 bridgehead atoms. The van der Waals surface area contributed by atoms with E-state index in [2.05, 4.69) is 14.9 Å². The molecule has 2 unspecified atom stereocenters. The van der Waals surface area contributed by atoms with Crippen LogP contribution in [0.25, 0.3) is 11.4 Å². The number of benzene rings is 1. The molecule has 1 aromatic heterocycles. The molecule has 2 heterocycles. The molecule has 1 saturated carbocycles. The van der Waals surface area contributed by atoms with Crippen molar-refractivity contribution in [2.24, 2.45) is 11.7 Å². The zero-order chi connectivity index (χ0) is 17.2. The standard InChI is InChI=1S/C20H26N4O.2ClH/c21-16-5-3-4-15(12-16)20(25)23-17-9-7-14(8-10-17)19-22-13-18-6-1-2-11-24(18)19;;/h7-10,13,15-16H,1-6,11-12,21H2,(H,23,25);2*1H. The van der Waals surface area contributed by atoms with Gasteiger partial charge in [0, 0.05) is 41.6 Å². The minimum absolute atomic E-state index is 0. The first-order valence-electron chi connectivity index (χ1n) is 9.42. The molecule has 3 N–H and O–H groups in total. The maximum atomic E-state index is 12.4. The Morgan fingerprint density at radius 3 is 2.63 bits per heavy atom. The second kappa shape index (κ2) is 9.58. The highest BCUT2D eigenvalue weighted by atomic mass is 35.5. The van der Waals surface area contributed by atoms with Crippen LogP contribution in [0.5, 0.6) is 0 Å². The number of anilines is 1. The Morgan fingerprint density at radius 1 is 1.11 bits per heavy atom. The molecule has 2 atom stereocenters. The van der Waals surface area contributed by atoms with E-state index in [4.69, 9.17) is 5.73 Å². The second-order valence-electron chi connectivity index (χ2n) is 7.37. The quantitative estimate of drug-likeness (QED) is 0.796. The molecule has 2 aromatic rings. The van der Waals surface area contributed by atoms with E-state index in [-0.39, 0.29) is 42.7 Å². The van der Waals surface area contributed by atoms with Crippen LogP contribution in [-0.2, 0) is 17.8 Å². The van der Waals surface area contributed by atoms with Crippen LogP contribution in [0, 0.1) is 5.92 Å². The van der Waals surface area contributed by atoms with Crippen LogP contribution in [0.4, 0.5) is 5.69 Å². The van der Waals surface area contributed by atoms with Crippen LogP contribution in [0.1, 0.15) is 44.2 Å². The number of amides is 1. The summed E-state index contributed by atoms with van der Waals surface area (Å²) in [6.45, 7) is 1.05. The van der Waals surface area contributed by atoms with Gasteiger partial charge in [-0.3, -0.25) is 4.79 Å². The van der Waals surface area contributed by atoms with E-state index >= 15 is 0 Å². The number of aryl methyl sites for hydroxylation is 1. The van der Waals surface area contributed by atoms with Crippen LogP contribution in [0.2, 0.25) is 0 Å². The van der Waals surface area contributed by atoms with Gasteiger partial charge in [-0.1, -0.05) is 6.42 Å². The molecule has 5 nitrogen and oxygen atoms in total. The van der Waals surface area contributed by atoms with E-state index in [1.54, 1.807) is 0 Å². The van der Waals surface area contributed by atoms with Crippen LogP contribution in [0.3, 0.4) is 0 Å². The minimum Gasteiger partial charge on any atom is -0.328 e. The van der Waals surface area contributed by atoms with Crippen molar-refractivity contribution < 1.29 is 4.79 Å². The first-order chi connectivity index (χ1) is 12.2. The van der Waals surface area contributed by atoms with Crippen molar-refractivity contribution in [1.29, 1.82) is 0 Å². The molecule has 0 saturated heterocycles. The number of halogens is 2. The minimum atomic E-state index is 0. The third-order valence-electron chi connectivity index (χ3n) is 5.50. The van der Waals surface area contributed by atoms with Crippen LogP contribution < -0.4 is 11.1 Å². The number of rotatable bonds is 3. The lowest BCUT2D eigenvalue weighted by molar-refractivity contribution is -0.120. The van der Waals surface area contributed by atoms with Crippen molar-refractivity contribution in [3.05, 3.63) is 36.2 Å². The lowest BCUT2D eigenvalue weighted by Gasteiger charge is -2.25. The molecular formula is C20H28Cl2N4O. The number of carbonyl (C=O) groups excluding carboxylic acids is 1. The number of nitrogens with zero attached hydrogens (tertiary/aromatic N) is 2. The third kappa shape index (κ3) is 4.84. The first-order valence-corrected chi connectivity index (χ1v) is 9.42. The molecule has 1 amide bonds. The summed E-state index contributed by atoms with van der Waals surface area (Å²) in [5.74, 6) is 1.18. The number of nitrogens with two attached hydrogens (primary N) is 1. The molecule has 4 rings (SSSR count). The van der Waals surface area contributed by atoms with Crippen molar-refractivity contribution in [3.8, 4) is 11.4 Å². The molecule has 7 heteroatoms.